The van der Waals surface area contributed by atoms with E-state index in [1.165, 1.54) is 6.07 Å². The minimum atomic E-state index is -0.463. The van der Waals surface area contributed by atoms with Crippen LogP contribution in [0.1, 0.15) is 53.5 Å². The van der Waals surface area contributed by atoms with Crippen LogP contribution in [-0.4, -0.2) is 36.5 Å². The number of aryl methyl sites for hydroxylation is 3. The molecular weight excluding hydrogens is 443 g/mol. The summed E-state index contributed by atoms with van der Waals surface area (Å²) in [5, 5.41) is 0.320. The number of rotatable bonds is 3. The van der Waals surface area contributed by atoms with E-state index in [1.807, 2.05) is 20.8 Å². The number of nitrogens with zero attached hydrogens (tertiary/aromatic N) is 6. The SMILES string of the molecule is Cc1ncc([C@H]2C[C@@H](c3nc(-c4ccc(Cl)cc4F)c4nc(C)c(C)nc4n3)CCO2)cn1. The van der Waals surface area contributed by atoms with Crippen molar-refractivity contribution in [1.29, 1.82) is 0 Å². The van der Waals surface area contributed by atoms with Crippen LogP contribution in [-0.2, 0) is 4.74 Å². The van der Waals surface area contributed by atoms with E-state index >= 15 is 0 Å². The minimum Gasteiger partial charge on any atom is -0.373 e. The smallest absolute Gasteiger partial charge is 0.182 e. The first-order chi connectivity index (χ1) is 15.9. The van der Waals surface area contributed by atoms with Gasteiger partial charge in [0.1, 0.15) is 28.7 Å². The van der Waals surface area contributed by atoms with E-state index in [1.54, 1.807) is 24.5 Å². The molecule has 2 atom stereocenters. The van der Waals surface area contributed by atoms with Gasteiger partial charge < -0.3 is 4.74 Å². The summed E-state index contributed by atoms with van der Waals surface area (Å²) in [6, 6.07) is 4.54. The molecule has 4 heterocycles. The van der Waals surface area contributed by atoms with E-state index in [0.29, 0.717) is 52.1 Å². The second-order valence-corrected chi connectivity index (χ2v) is 8.70. The topological polar surface area (TPSA) is 86.6 Å². The van der Waals surface area contributed by atoms with Gasteiger partial charge in [0.15, 0.2) is 5.65 Å². The zero-order valence-electron chi connectivity index (χ0n) is 18.5. The summed E-state index contributed by atoms with van der Waals surface area (Å²) in [5.41, 5.74) is 4.10. The van der Waals surface area contributed by atoms with Gasteiger partial charge in [0.25, 0.3) is 0 Å². The number of ether oxygens (including phenoxy) is 1. The lowest BCUT2D eigenvalue weighted by Crippen LogP contribution is -2.21. The lowest BCUT2D eigenvalue weighted by Gasteiger charge is -2.29. The summed E-state index contributed by atoms with van der Waals surface area (Å²) < 4.78 is 20.9. The van der Waals surface area contributed by atoms with Crippen LogP contribution in [0.2, 0.25) is 5.02 Å². The average molecular weight is 465 g/mol. The zero-order valence-corrected chi connectivity index (χ0v) is 19.3. The molecular formula is C24H22ClFN6O. The molecule has 3 aromatic heterocycles. The molecule has 9 heteroatoms. The molecule has 5 rings (SSSR count). The third-order valence-corrected chi connectivity index (χ3v) is 6.20. The molecule has 0 N–H and O–H groups in total. The predicted octanol–water partition coefficient (Wildman–Crippen LogP) is 5.23. The van der Waals surface area contributed by atoms with Gasteiger partial charge in [-0.3, -0.25) is 0 Å². The van der Waals surface area contributed by atoms with Crippen molar-refractivity contribution in [2.75, 3.05) is 6.61 Å². The second-order valence-electron chi connectivity index (χ2n) is 8.27. The summed E-state index contributed by atoms with van der Waals surface area (Å²) in [4.78, 5) is 27.4. The van der Waals surface area contributed by atoms with Gasteiger partial charge in [-0.1, -0.05) is 11.6 Å². The highest BCUT2D eigenvalue weighted by Gasteiger charge is 2.29. The first kappa shape index (κ1) is 21.7. The summed E-state index contributed by atoms with van der Waals surface area (Å²) >= 11 is 5.98. The average Bonchev–Trinajstić information content (AvgIpc) is 2.80. The number of hydrogen-bond donors (Lipinski definition) is 0. The highest BCUT2D eigenvalue weighted by atomic mass is 35.5. The van der Waals surface area contributed by atoms with E-state index in [4.69, 9.17) is 26.3 Å². The van der Waals surface area contributed by atoms with Crippen LogP contribution in [0.3, 0.4) is 0 Å². The van der Waals surface area contributed by atoms with Crippen molar-refractivity contribution in [3.63, 3.8) is 0 Å². The first-order valence-electron chi connectivity index (χ1n) is 10.8. The Morgan fingerprint density at radius 3 is 2.52 bits per heavy atom. The van der Waals surface area contributed by atoms with Crippen molar-refractivity contribution < 1.29 is 9.13 Å². The summed E-state index contributed by atoms with van der Waals surface area (Å²) in [6.45, 7) is 6.14. The molecule has 1 aromatic carbocycles. The van der Waals surface area contributed by atoms with Gasteiger partial charge in [-0.15, -0.1) is 0 Å². The van der Waals surface area contributed by atoms with Crippen LogP contribution in [0.4, 0.5) is 4.39 Å². The predicted molar refractivity (Wildman–Crippen MR) is 122 cm³/mol. The molecule has 7 nitrogen and oxygen atoms in total. The van der Waals surface area contributed by atoms with E-state index in [0.717, 1.165) is 23.4 Å². The van der Waals surface area contributed by atoms with E-state index in [2.05, 4.69) is 19.9 Å². The van der Waals surface area contributed by atoms with Crippen LogP contribution in [0.25, 0.3) is 22.4 Å². The second kappa shape index (κ2) is 8.68. The van der Waals surface area contributed by atoms with Crippen molar-refractivity contribution >= 4 is 22.8 Å². The van der Waals surface area contributed by atoms with Gasteiger partial charge in [-0.25, -0.2) is 34.3 Å². The van der Waals surface area contributed by atoms with Crippen LogP contribution >= 0.6 is 11.6 Å². The fourth-order valence-electron chi connectivity index (χ4n) is 4.01. The van der Waals surface area contributed by atoms with Gasteiger partial charge in [0, 0.05) is 41.1 Å². The molecule has 1 aliphatic heterocycles. The Hall–Kier alpha value is -3.10. The minimum absolute atomic E-state index is 0.00646. The van der Waals surface area contributed by atoms with E-state index in [9.17, 15) is 4.39 Å². The maximum atomic E-state index is 14.9. The molecule has 0 bridgehead atoms. The molecule has 0 unspecified atom stereocenters. The molecule has 1 fully saturated rings. The van der Waals surface area contributed by atoms with Crippen LogP contribution in [0.5, 0.6) is 0 Å². The molecule has 168 valence electrons. The molecule has 1 saturated heterocycles. The maximum absolute atomic E-state index is 14.9. The maximum Gasteiger partial charge on any atom is 0.182 e. The lowest BCUT2D eigenvalue weighted by molar-refractivity contribution is 0.00360. The van der Waals surface area contributed by atoms with Crippen LogP contribution in [0.15, 0.2) is 30.6 Å². The summed E-state index contributed by atoms with van der Waals surface area (Å²) in [7, 11) is 0. The van der Waals surface area contributed by atoms with Crippen molar-refractivity contribution in [3.8, 4) is 11.3 Å². The van der Waals surface area contributed by atoms with Gasteiger partial charge >= 0.3 is 0 Å². The molecule has 4 aromatic rings. The molecule has 0 amide bonds. The summed E-state index contributed by atoms with van der Waals surface area (Å²) in [6.07, 6.45) is 4.84. The highest BCUT2D eigenvalue weighted by molar-refractivity contribution is 6.30. The Kier molecular flexibility index (Phi) is 5.72. The fraction of sp³-hybridized carbons (Fsp3) is 0.333. The third kappa shape index (κ3) is 4.28. The van der Waals surface area contributed by atoms with Gasteiger partial charge in [0.2, 0.25) is 0 Å². The van der Waals surface area contributed by atoms with Crippen molar-refractivity contribution in [3.05, 3.63) is 70.0 Å². The molecule has 1 aliphatic rings. The molecule has 33 heavy (non-hydrogen) atoms. The first-order valence-corrected chi connectivity index (χ1v) is 11.2. The van der Waals surface area contributed by atoms with Gasteiger partial charge in [-0.2, -0.15) is 0 Å². The monoisotopic (exact) mass is 464 g/mol. The largest absolute Gasteiger partial charge is 0.373 e. The van der Waals surface area contributed by atoms with E-state index in [-0.39, 0.29) is 12.0 Å². The normalized spacial score (nSPS) is 18.6. The lowest BCUT2D eigenvalue weighted by atomic mass is 9.92. The quantitative estimate of drug-likeness (QED) is 0.410. The molecule has 0 radical (unpaired) electrons. The molecule has 0 spiro atoms. The van der Waals surface area contributed by atoms with E-state index < -0.39 is 5.82 Å². The summed E-state index contributed by atoms with van der Waals surface area (Å²) in [5.74, 6) is 0.857. The Morgan fingerprint density at radius 2 is 1.76 bits per heavy atom. The Balaban J connectivity index is 1.61. The number of benzene rings is 1. The van der Waals surface area contributed by atoms with Crippen molar-refractivity contribution in [2.24, 2.45) is 0 Å². The zero-order chi connectivity index (χ0) is 23.1. The molecule has 0 saturated carbocycles. The Labute approximate surface area is 195 Å². The van der Waals surface area contributed by atoms with Crippen molar-refractivity contribution in [2.45, 2.75) is 45.6 Å². The standard InChI is InChI=1S/C24H22ClFN6O/c1-12-13(2)30-24-22(29-12)21(18-5-4-17(25)9-19(18)26)31-23(32-24)15-6-7-33-20(8-15)16-10-27-14(3)28-11-16/h4-5,9-11,15,20H,6-8H2,1-3H3/t15-,20+/m0/s1. The van der Waals surface area contributed by atoms with Crippen molar-refractivity contribution in [1.82, 2.24) is 29.9 Å². The highest BCUT2D eigenvalue weighted by Crippen LogP contribution is 2.38. The Bertz CT molecular complexity index is 1350. The van der Waals surface area contributed by atoms with Crippen LogP contribution < -0.4 is 0 Å². The fourth-order valence-corrected chi connectivity index (χ4v) is 4.17. The van der Waals surface area contributed by atoms with Crippen LogP contribution in [0, 0.1) is 26.6 Å². The van der Waals surface area contributed by atoms with Gasteiger partial charge in [0.05, 0.1) is 17.5 Å². The Morgan fingerprint density at radius 1 is 1.00 bits per heavy atom. The number of fused-ring (bicyclic) bond motifs is 1. The number of aromatic nitrogens is 6. The number of halogens is 2. The van der Waals surface area contributed by atoms with Gasteiger partial charge in [-0.05, 0) is 51.8 Å². The number of hydrogen-bond acceptors (Lipinski definition) is 7. The third-order valence-electron chi connectivity index (χ3n) is 5.97. The molecule has 0 aliphatic carbocycles.